The molecular weight excluding hydrogens is 269 g/mol. The number of hydrogen-bond acceptors (Lipinski definition) is 3. The van der Waals surface area contributed by atoms with E-state index in [1.54, 1.807) is 0 Å². The zero-order chi connectivity index (χ0) is 14.9. The molecule has 0 saturated heterocycles. The number of carboxylic acids is 1. The molecule has 6 nitrogen and oxygen atoms in total. The van der Waals surface area contributed by atoms with Crippen molar-refractivity contribution < 1.29 is 32.6 Å². The van der Waals surface area contributed by atoms with Crippen molar-refractivity contribution in [2.45, 2.75) is 19.0 Å². The number of alkyl halides is 3. The zero-order valence-electron chi connectivity index (χ0n) is 10.5. The third-order valence-electron chi connectivity index (χ3n) is 2.02. The molecule has 9 heteroatoms. The molecule has 0 aliphatic carbocycles. The minimum atomic E-state index is -4.38. The molecule has 0 saturated carbocycles. The van der Waals surface area contributed by atoms with Gasteiger partial charge in [0.15, 0.2) is 0 Å². The van der Waals surface area contributed by atoms with Gasteiger partial charge in [0.05, 0.1) is 6.61 Å². The number of carboxylic acid groups (broad SMARTS) is 1. The fourth-order valence-electron chi connectivity index (χ4n) is 1.12. The van der Waals surface area contributed by atoms with Crippen molar-refractivity contribution in [2.24, 2.45) is 0 Å². The summed E-state index contributed by atoms with van der Waals surface area (Å²) in [6.45, 7) is -1.38. The van der Waals surface area contributed by atoms with E-state index in [0.717, 1.165) is 0 Å². The first-order valence-corrected chi connectivity index (χ1v) is 5.57. The normalized spacial score (nSPS) is 11.2. The second kappa shape index (κ2) is 8.57. The summed E-state index contributed by atoms with van der Waals surface area (Å²) in [5.41, 5.74) is 0. The monoisotopic (exact) mass is 286 g/mol. The van der Waals surface area contributed by atoms with Gasteiger partial charge >= 0.3 is 18.2 Å². The highest BCUT2D eigenvalue weighted by Gasteiger charge is 2.27. The molecule has 0 aromatic carbocycles. The number of urea groups is 1. The van der Waals surface area contributed by atoms with E-state index in [9.17, 15) is 22.8 Å². The number of carbonyl (C=O) groups is 2. The second-order valence-corrected chi connectivity index (χ2v) is 3.82. The minimum absolute atomic E-state index is 0.0435. The van der Waals surface area contributed by atoms with Crippen molar-refractivity contribution in [3.63, 3.8) is 0 Å². The van der Waals surface area contributed by atoms with E-state index in [0.29, 0.717) is 6.42 Å². The molecule has 0 aromatic heterocycles. The Hall–Kier alpha value is -1.51. The maximum atomic E-state index is 11.7. The van der Waals surface area contributed by atoms with Gasteiger partial charge in [-0.3, -0.25) is 4.79 Å². The summed E-state index contributed by atoms with van der Waals surface area (Å²) in [6, 6.07) is -0.485. The van der Waals surface area contributed by atoms with Crippen molar-refractivity contribution >= 4 is 12.0 Å². The number of aliphatic carboxylic acids is 1. The summed E-state index contributed by atoms with van der Waals surface area (Å²) in [6.07, 6.45) is -4.12. The van der Waals surface area contributed by atoms with E-state index >= 15 is 0 Å². The first-order chi connectivity index (χ1) is 8.72. The Bertz CT molecular complexity index is 297. The number of ether oxygens (including phenoxy) is 1. The average Bonchev–Trinajstić information content (AvgIpc) is 2.26. The Morgan fingerprint density at radius 2 is 2.00 bits per heavy atom. The van der Waals surface area contributed by atoms with E-state index in [4.69, 9.17) is 5.11 Å². The van der Waals surface area contributed by atoms with Gasteiger partial charge < -0.3 is 20.1 Å². The Morgan fingerprint density at radius 1 is 1.37 bits per heavy atom. The first kappa shape index (κ1) is 17.5. The van der Waals surface area contributed by atoms with Crippen LogP contribution in [0.2, 0.25) is 0 Å². The molecule has 0 unspecified atom stereocenters. The molecular formula is C10H17F3N2O4. The van der Waals surface area contributed by atoms with Crippen LogP contribution in [0.5, 0.6) is 0 Å². The largest absolute Gasteiger partial charge is 0.481 e. The number of hydrogen-bond donors (Lipinski definition) is 2. The average molecular weight is 286 g/mol. The van der Waals surface area contributed by atoms with Crippen LogP contribution in [0.1, 0.15) is 12.8 Å². The van der Waals surface area contributed by atoms with Gasteiger partial charge in [-0.15, -0.1) is 0 Å². The fraction of sp³-hybridized carbons (Fsp3) is 0.800. The lowest BCUT2D eigenvalue weighted by Gasteiger charge is -2.17. The van der Waals surface area contributed by atoms with Gasteiger partial charge in [-0.25, -0.2) is 4.79 Å². The van der Waals surface area contributed by atoms with Crippen LogP contribution in [0.15, 0.2) is 0 Å². The number of carbonyl (C=O) groups excluding carboxylic acids is 1. The van der Waals surface area contributed by atoms with Crippen LogP contribution in [0, 0.1) is 0 Å². The van der Waals surface area contributed by atoms with Crippen molar-refractivity contribution in [2.75, 3.05) is 33.4 Å². The van der Waals surface area contributed by atoms with E-state index in [1.165, 1.54) is 11.9 Å². The van der Waals surface area contributed by atoms with Crippen LogP contribution >= 0.6 is 0 Å². The molecule has 0 radical (unpaired) electrons. The van der Waals surface area contributed by atoms with Crippen molar-refractivity contribution in [3.05, 3.63) is 0 Å². The lowest BCUT2D eigenvalue weighted by molar-refractivity contribution is -0.173. The van der Waals surface area contributed by atoms with E-state index in [2.05, 4.69) is 10.1 Å². The fourth-order valence-corrected chi connectivity index (χ4v) is 1.12. The van der Waals surface area contributed by atoms with Crippen LogP contribution in [0.4, 0.5) is 18.0 Å². The van der Waals surface area contributed by atoms with Crippen LogP contribution in [0.25, 0.3) is 0 Å². The summed E-state index contributed by atoms with van der Waals surface area (Å²) in [7, 11) is 1.47. The zero-order valence-corrected chi connectivity index (χ0v) is 10.5. The molecule has 0 aliphatic rings. The molecule has 0 atom stereocenters. The third kappa shape index (κ3) is 11.3. The van der Waals surface area contributed by atoms with Gasteiger partial charge in [-0.05, 0) is 6.42 Å². The summed E-state index contributed by atoms with van der Waals surface area (Å²) < 4.78 is 39.4. The molecule has 2 N–H and O–H groups in total. The SMILES string of the molecule is CN(CCCC(=O)O)C(=O)NCCOCC(F)(F)F. The summed E-state index contributed by atoms with van der Waals surface area (Å²) in [4.78, 5) is 22.9. The molecule has 0 spiro atoms. The van der Waals surface area contributed by atoms with Crippen LogP contribution in [-0.2, 0) is 9.53 Å². The van der Waals surface area contributed by atoms with Gasteiger partial charge in [0.2, 0.25) is 0 Å². The molecule has 2 amide bonds. The molecule has 0 bridgehead atoms. The van der Waals surface area contributed by atoms with Gasteiger partial charge in [-0.2, -0.15) is 13.2 Å². The molecule has 0 aliphatic heterocycles. The summed E-state index contributed by atoms with van der Waals surface area (Å²) in [5, 5.41) is 10.8. The molecule has 0 heterocycles. The van der Waals surface area contributed by atoms with Crippen LogP contribution in [-0.4, -0.2) is 61.5 Å². The van der Waals surface area contributed by atoms with Gasteiger partial charge in [0.1, 0.15) is 6.61 Å². The Balaban J connectivity index is 3.59. The Kier molecular flexibility index (Phi) is 7.89. The number of halogens is 3. The van der Waals surface area contributed by atoms with Crippen molar-refractivity contribution in [1.29, 1.82) is 0 Å². The smallest absolute Gasteiger partial charge is 0.411 e. The summed E-state index contributed by atoms with van der Waals surface area (Å²) >= 11 is 0. The highest BCUT2D eigenvalue weighted by Crippen LogP contribution is 2.13. The van der Waals surface area contributed by atoms with Crippen LogP contribution < -0.4 is 5.32 Å². The molecule has 19 heavy (non-hydrogen) atoms. The number of rotatable bonds is 8. The van der Waals surface area contributed by atoms with Gasteiger partial charge in [0.25, 0.3) is 0 Å². The van der Waals surface area contributed by atoms with E-state index in [-0.39, 0.29) is 26.1 Å². The number of nitrogens with zero attached hydrogens (tertiary/aromatic N) is 1. The predicted molar refractivity (Wildman–Crippen MR) is 59.8 cm³/mol. The van der Waals surface area contributed by atoms with Crippen molar-refractivity contribution in [3.8, 4) is 0 Å². The topological polar surface area (TPSA) is 78.9 Å². The molecule has 0 rings (SSSR count). The van der Waals surface area contributed by atoms with E-state index in [1.807, 2.05) is 0 Å². The summed E-state index contributed by atoms with van der Waals surface area (Å²) in [5.74, 6) is -0.950. The minimum Gasteiger partial charge on any atom is -0.481 e. The first-order valence-electron chi connectivity index (χ1n) is 5.57. The Morgan fingerprint density at radius 3 is 2.53 bits per heavy atom. The third-order valence-corrected chi connectivity index (χ3v) is 2.02. The van der Waals surface area contributed by atoms with Crippen LogP contribution in [0.3, 0.4) is 0 Å². The molecule has 0 aromatic rings. The lowest BCUT2D eigenvalue weighted by atomic mass is 10.3. The maximum Gasteiger partial charge on any atom is 0.411 e. The Labute approximate surface area is 108 Å². The molecule has 112 valence electrons. The number of amides is 2. The van der Waals surface area contributed by atoms with E-state index < -0.39 is 24.8 Å². The standard InChI is InChI=1S/C10H17F3N2O4/c1-15(5-2-3-8(16)17)9(18)14-4-6-19-7-10(11,12)13/h2-7H2,1H3,(H,14,18)(H,16,17). The highest BCUT2D eigenvalue weighted by molar-refractivity contribution is 5.73. The maximum absolute atomic E-state index is 11.7. The number of nitrogens with one attached hydrogen (secondary N) is 1. The second-order valence-electron chi connectivity index (χ2n) is 3.82. The van der Waals surface area contributed by atoms with Crippen molar-refractivity contribution in [1.82, 2.24) is 10.2 Å². The van der Waals surface area contributed by atoms with Gasteiger partial charge in [0, 0.05) is 26.6 Å². The molecule has 0 fully saturated rings. The quantitative estimate of drug-likeness (QED) is 0.654. The predicted octanol–water partition coefficient (Wildman–Crippen LogP) is 1.07. The lowest BCUT2D eigenvalue weighted by Crippen LogP contribution is -2.39. The van der Waals surface area contributed by atoms with Gasteiger partial charge in [-0.1, -0.05) is 0 Å². The highest BCUT2D eigenvalue weighted by atomic mass is 19.4.